The summed E-state index contributed by atoms with van der Waals surface area (Å²) in [5.41, 5.74) is 6.30. The Kier molecular flexibility index (Phi) is 4.63. The minimum atomic E-state index is -0.808. The van der Waals surface area contributed by atoms with Crippen molar-refractivity contribution >= 4 is 5.97 Å². The van der Waals surface area contributed by atoms with Gasteiger partial charge in [0, 0.05) is 17.5 Å². The van der Waals surface area contributed by atoms with Crippen LogP contribution in [0.25, 0.3) is 11.1 Å². The summed E-state index contributed by atoms with van der Waals surface area (Å²) >= 11 is 0. The highest BCUT2D eigenvalue weighted by atomic mass is 16.4. The number of pyridine rings is 1. The number of carboxylic acid groups (broad SMARTS) is 1. The fraction of sp³-hybridized carbons (Fsp3) is 0.364. The molecule has 0 aliphatic heterocycles. The quantitative estimate of drug-likeness (QED) is 0.836. The van der Waals surface area contributed by atoms with Crippen molar-refractivity contribution in [3.05, 3.63) is 52.8 Å². The number of hydrogen-bond acceptors (Lipinski definition) is 2. The number of carboxylic acids is 1. The van der Waals surface area contributed by atoms with E-state index in [0.717, 1.165) is 29.8 Å². The molecule has 2 aromatic rings. The molecule has 1 aromatic carbocycles. The molecule has 1 saturated carbocycles. The lowest BCUT2D eigenvalue weighted by molar-refractivity contribution is -0.136. The molecule has 1 aliphatic rings. The van der Waals surface area contributed by atoms with Crippen LogP contribution in [0, 0.1) is 31.1 Å². The molecule has 1 heterocycles. The van der Waals surface area contributed by atoms with Crippen LogP contribution >= 0.6 is 0 Å². The molecule has 3 rings (SSSR count). The van der Waals surface area contributed by atoms with Crippen LogP contribution in [0.15, 0.2) is 30.3 Å². The van der Waals surface area contributed by atoms with Crippen molar-refractivity contribution in [2.24, 2.45) is 5.41 Å². The lowest BCUT2D eigenvalue weighted by Gasteiger charge is -2.12. The third-order valence-electron chi connectivity index (χ3n) is 4.74. The normalized spacial score (nSPS) is 14.5. The fourth-order valence-electron chi connectivity index (χ4n) is 2.96. The van der Waals surface area contributed by atoms with Crippen LogP contribution in [-0.2, 0) is 11.2 Å². The lowest BCUT2D eigenvalue weighted by atomic mass is 9.95. The second-order valence-electron chi connectivity index (χ2n) is 7.20. The molecule has 3 heteroatoms. The van der Waals surface area contributed by atoms with Gasteiger partial charge in [0.15, 0.2) is 0 Å². The number of benzene rings is 1. The Labute approximate surface area is 149 Å². The molecule has 0 spiro atoms. The predicted molar refractivity (Wildman–Crippen MR) is 99.3 cm³/mol. The van der Waals surface area contributed by atoms with Gasteiger partial charge in [0.05, 0.1) is 6.42 Å². The number of carbonyl (C=O) groups is 1. The predicted octanol–water partition coefficient (Wildman–Crippen LogP) is 4.53. The third-order valence-corrected chi connectivity index (χ3v) is 4.74. The topological polar surface area (TPSA) is 50.2 Å². The smallest absolute Gasteiger partial charge is 0.303 e. The molecule has 0 bridgehead atoms. The SMILES string of the molecule is Cc1cccc(C)c1-c1cc(C#CC2(C)CC2)nc(CCC(=O)O)c1. The molecular formula is C22H23NO2. The standard InChI is InChI=1S/C22H23NO2/c1-15-5-4-6-16(2)21(15)17-13-18(7-8-20(24)25)23-19(14-17)9-10-22(3)11-12-22/h4-6,13-14H,7-8,11-12H2,1-3H3,(H,24,25). The molecule has 0 unspecified atom stereocenters. The Morgan fingerprint density at radius 2 is 1.92 bits per heavy atom. The second-order valence-corrected chi connectivity index (χ2v) is 7.20. The van der Waals surface area contributed by atoms with Crippen LogP contribution in [-0.4, -0.2) is 16.1 Å². The monoisotopic (exact) mass is 333 g/mol. The molecule has 0 amide bonds. The van der Waals surface area contributed by atoms with E-state index in [1.54, 1.807) is 0 Å². The van der Waals surface area contributed by atoms with E-state index < -0.39 is 5.97 Å². The van der Waals surface area contributed by atoms with Crippen molar-refractivity contribution in [2.75, 3.05) is 0 Å². The number of aromatic nitrogens is 1. The highest BCUT2D eigenvalue weighted by Crippen LogP contribution is 2.44. The Morgan fingerprint density at radius 3 is 2.52 bits per heavy atom. The van der Waals surface area contributed by atoms with Gasteiger partial charge in [0.25, 0.3) is 0 Å². The number of rotatable bonds is 4. The van der Waals surface area contributed by atoms with E-state index in [0.29, 0.717) is 6.42 Å². The molecule has 0 saturated heterocycles. The average molecular weight is 333 g/mol. The first-order valence-electron chi connectivity index (χ1n) is 8.69. The van der Waals surface area contributed by atoms with Gasteiger partial charge < -0.3 is 5.11 Å². The zero-order valence-electron chi connectivity index (χ0n) is 15.0. The number of aryl methyl sites for hydroxylation is 3. The molecule has 0 radical (unpaired) electrons. The third kappa shape index (κ3) is 4.28. The Balaban J connectivity index is 2.05. The summed E-state index contributed by atoms with van der Waals surface area (Å²) in [4.78, 5) is 15.5. The molecule has 1 fully saturated rings. The zero-order valence-corrected chi connectivity index (χ0v) is 15.0. The van der Waals surface area contributed by atoms with E-state index in [-0.39, 0.29) is 11.8 Å². The summed E-state index contributed by atoms with van der Waals surface area (Å²) < 4.78 is 0. The van der Waals surface area contributed by atoms with Gasteiger partial charge in [-0.25, -0.2) is 4.98 Å². The number of aliphatic carboxylic acids is 1. The Morgan fingerprint density at radius 1 is 1.24 bits per heavy atom. The summed E-state index contributed by atoms with van der Waals surface area (Å²) in [6, 6.07) is 10.3. The highest BCUT2D eigenvalue weighted by Gasteiger charge is 2.35. The van der Waals surface area contributed by atoms with Gasteiger partial charge in [-0.15, -0.1) is 0 Å². The summed E-state index contributed by atoms with van der Waals surface area (Å²) in [5, 5.41) is 8.98. The Bertz CT molecular complexity index is 862. The minimum Gasteiger partial charge on any atom is -0.481 e. The molecule has 1 aliphatic carbocycles. The minimum absolute atomic E-state index is 0.0772. The molecule has 1 aromatic heterocycles. The highest BCUT2D eigenvalue weighted by molar-refractivity contribution is 5.72. The van der Waals surface area contributed by atoms with E-state index in [4.69, 9.17) is 5.11 Å². The first-order valence-corrected chi connectivity index (χ1v) is 8.69. The first-order chi connectivity index (χ1) is 11.9. The fourth-order valence-corrected chi connectivity index (χ4v) is 2.96. The second kappa shape index (κ2) is 6.72. The van der Waals surface area contributed by atoms with Crippen molar-refractivity contribution in [2.45, 2.75) is 46.5 Å². The maximum Gasteiger partial charge on any atom is 0.303 e. The van der Waals surface area contributed by atoms with E-state index in [9.17, 15) is 4.79 Å². The van der Waals surface area contributed by atoms with E-state index in [2.05, 4.69) is 55.8 Å². The molecule has 1 N–H and O–H groups in total. The van der Waals surface area contributed by atoms with Crippen LogP contribution in [0.2, 0.25) is 0 Å². The maximum atomic E-state index is 10.9. The van der Waals surface area contributed by atoms with Gasteiger partial charge in [-0.2, -0.15) is 0 Å². The van der Waals surface area contributed by atoms with Crippen LogP contribution in [0.5, 0.6) is 0 Å². The van der Waals surface area contributed by atoms with E-state index in [1.165, 1.54) is 16.7 Å². The van der Waals surface area contributed by atoms with Gasteiger partial charge in [-0.05, 0) is 73.9 Å². The molecule has 25 heavy (non-hydrogen) atoms. The van der Waals surface area contributed by atoms with Gasteiger partial charge >= 0.3 is 5.97 Å². The van der Waals surface area contributed by atoms with Crippen LogP contribution in [0.1, 0.15) is 48.7 Å². The van der Waals surface area contributed by atoms with Crippen molar-refractivity contribution in [3.63, 3.8) is 0 Å². The number of nitrogens with zero attached hydrogens (tertiary/aromatic N) is 1. The summed E-state index contributed by atoms with van der Waals surface area (Å²) in [7, 11) is 0. The van der Waals surface area contributed by atoms with Gasteiger partial charge in [-0.1, -0.05) is 24.1 Å². The zero-order chi connectivity index (χ0) is 18.0. The van der Waals surface area contributed by atoms with Gasteiger partial charge in [0.1, 0.15) is 5.69 Å². The van der Waals surface area contributed by atoms with Crippen molar-refractivity contribution < 1.29 is 9.90 Å². The van der Waals surface area contributed by atoms with Gasteiger partial charge in [-0.3, -0.25) is 4.79 Å². The molecule has 3 nitrogen and oxygen atoms in total. The van der Waals surface area contributed by atoms with Crippen LogP contribution < -0.4 is 0 Å². The summed E-state index contributed by atoms with van der Waals surface area (Å²) in [6.07, 6.45) is 2.78. The maximum absolute atomic E-state index is 10.9. The Hall–Kier alpha value is -2.60. The van der Waals surface area contributed by atoms with E-state index in [1.807, 2.05) is 12.1 Å². The lowest BCUT2D eigenvalue weighted by Crippen LogP contribution is -2.02. The molecule has 128 valence electrons. The van der Waals surface area contributed by atoms with Crippen LogP contribution in [0.3, 0.4) is 0 Å². The molecule has 0 atom stereocenters. The van der Waals surface area contributed by atoms with Crippen LogP contribution in [0.4, 0.5) is 0 Å². The molecular weight excluding hydrogens is 310 g/mol. The first kappa shape index (κ1) is 17.2. The number of hydrogen-bond donors (Lipinski definition) is 1. The van der Waals surface area contributed by atoms with Crippen molar-refractivity contribution in [3.8, 4) is 23.0 Å². The van der Waals surface area contributed by atoms with E-state index >= 15 is 0 Å². The summed E-state index contributed by atoms with van der Waals surface area (Å²) in [5.74, 6) is 5.73. The van der Waals surface area contributed by atoms with Gasteiger partial charge in [0.2, 0.25) is 0 Å². The van der Waals surface area contributed by atoms with Crippen molar-refractivity contribution in [1.82, 2.24) is 4.98 Å². The summed E-state index contributed by atoms with van der Waals surface area (Å²) in [6.45, 7) is 6.35. The average Bonchev–Trinajstić information content (AvgIpc) is 3.29. The van der Waals surface area contributed by atoms with Crippen molar-refractivity contribution in [1.29, 1.82) is 0 Å². The largest absolute Gasteiger partial charge is 0.481 e.